The maximum Gasteiger partial charge on any atom is 0.453 e. The number of halogens is 5. The summed E-state index contributed by atoms with van der Waals surface area (Å²) in [6.45, 7) is 6.55. The van der Waals surface area contributed by atoms with Gasteiger partial charge in [0, 0.05) is 43.8 Å². The smallest absolute Gasteiger partial charge is 0.243 e. The van der Waals surface area contributed by atoms with Crippen LogP contribution in [0.1, 0.15) is 51.4 Å². The van der Waals surface area contributed by atoms with Crippen LogP contribution < -0.4 is 9.13 Å². The third-order valence-corrected chi connectivity index (χ3v) is 8.50. The number of hydrogen-bond donors (Lipinski definition) is 0. The lowest BCUT2D eigenvalue weighted by atomic mass is 9.58. The predicted molar refractivity (Wildman–Crippen MR) is 134 cm³/mol. The quantitative estimate of drug-likeness (QED) is 0.225. The fourth-order valence-corrected chi connectivity index (χ4v) is 6.37. The van der Waals surface area contributed by atoms with Crippen LogP contribution in [0.4, 0.5) is 22.0 Å². The maximum absolute atomic E-state index is 15.3. The molecule has 0 aliphatic carbocycles. The van der Waals surface area contributed by atoms with Crippen molar-refractivity contribution < 1.29 is 31.1 Å². The van der Waals surface area contributed by atoms with E-state index in [9.17, 15) is 17.6 Å². The second kappa shape index (κ2) is 9.50. The Morgan fingerprint density at radius 2 is 1.64 bits per heavy atom. The molecule has 0 saturated heterocycles. The number of nitrogens with zero attached hydrogens (tertiary/aromatic N) is 5. The van der Waals surface area contributed by atoms with Gasteiger partial charge in [-0.15, -0.1) is 5.10 Å². The van der Waals surface area contributed by atoms with Gasteiger partial charge in [-0.05, 0) is 37.1 Å². The van der Waals surface area contributed by atoms with Crippen LogP contribution in [0.2, 0.25) is 0 Å². The molecule has 2 unspecified atom stereocenters. The van der Waals surface area contributed by atoms with Crippen LogP contribution in [0.15, 0.2) is 60.9 Å². The molecule has 0 spiro atoms. The summed E-state index contributed by atoms with van der Waals surface area (Å²) >= 11 is 0. The summed E-state index contributed by atoms with van der Waals surface area (Å²) in [4.78, 5) is 3.79. The third-order valence-electron chi connectivity index (χ3n) is 8.50. The SMILES string of the molecule is CCC1(C)c2cc(F)cc(F)c2-c2cccc[n+]2C1(CC)CC[n+]1ccccc1-c1nc(C(F)(F)F)nn1C. The van der Waals surface area contributed by atoms with E-state index in [4.69, 9.17) is 0 Å². The number of alkyl halides is 3. The molecule has 1 aliphatic heterocycles. The van der Waals surface area contributed by atoms with E-state index in [0.717, 1.165) is 10.7 Å². The van der Waals surface area contributed by atoms with Crippen molar-refractivity contribution in [3.8, 4) is 22.8 Å². The fourth-order valence-electron chi connectivity index (χ4n) is 6.37. The lowest BCUT2D eigenvalue weighted by molar-refractivity contribution is -0.782. The van der Waals surface area contributed by atoms with Crippen LogP contribution in [0.25, 0.3) is 22.8 Å². The Bertz CT molecular complexity index is 1550. The second-order valence-corrected chi connectivity index (χ2v) is 10.2. The molecule has 39 heavy (non-hydrogen) atoms. The Hall–Kier alpha value is -3.69. The highest BCUT2D eigenvalue weighted by atomic mass is 19.4. The summed E-state index contributed by atoms with van der Waals surface area (Å²) in [6, 6.07) is 13.2. The van der Waals surface area contributed by atoms with Gasteiger partial charge >= 0.3 is 6.18 Å². The Morgan fingerprint density at radius 3 is 2.28 bits per heavy atom. The molecular weight excluding hydrogens is 513 g/mol. The summed E-state index contributed by atoms with van der Waals surface area (Å²) in [6.07, 6.45) is 0.887. The van der Waals surface area contributed by atoms with Gasteiger partial charge in [0.15, 0.2) is 24.5 Å². The Kier molecular flexibility index (Phi) is 6.55. The van der Waals surface area contributed by atoms with Crippen molar-refractivity contribution in [3.05, 3.63) is 83.9 Å². The minimum Gasteiger partial charge on any atom is -0.243 e. The molecule has 0 bridgehead atoms. The number of aromatic nitrogens is 5. The summed E-state index contributed by atoms with van der Waals surface area (Å²) in [5.41, 5.74) is 0.929. The number of benzene rings is 1. The van der Waals surface area contributed by atoms with Gasteiger partial charge in [0.05, 0.1) is 17.4 Å². The van der Waals surface area contributed by atoms with Crippen LogP contribution in [0.5, 0.6) is 0 Å². The molecule has 4 aromatic rings. The topological polar surface area (TPSA) is 38.5 Å². The van der Waals surface area contributed by atoms with E-state index in [2.05, 4.69) is 21.6 Å². The molecule has 2 atom stereocenters. The van der Waals surface area contributed by atoms with Crippen molar-refractivity contribution in [2.24, 2.45) is 7.05 Å². The molecule has 0 fully saturated rings. The highest BCUT2D eigenvalue weighted by Gasteiger charge is 2.60. The first kappa shape index (κ1) is 26.9. The minimum atomic E-state index is -4.66. The van der Waals surface area contributed by atoms with Crippen LogP contribution in [-0.4, -0.2) is 14.8 Å². The van der Waals surface area contributed by atoms with E-state index in [0.29, 0.717) is 48.3 Å². The third kappa shape index (κ3) is 4.11. The summed E-state index contributed by atoms with van der Waals surface area (Å²) in [7, 11) is 1.43. The first-order valence-corrected chi connectivity index (χ1v) is 12.9. The van der Waals surface area contributed by atoms with E-state index in [1.807, 2.05) is 48.9 Å². The standard InChI is InChI=1S/C29H30F5N5/c1-5-27(3)20-17-19(30)18-21(31)24(20)22-11-8-10-15-39(22)28(27,6-2)13-16-38-14-9-7-12-23(38)25-35-26(29(32,33)34)36-37(25)4/h7-12,14-15,17-18H,5-6,13,16H2,1-4H3/q+2. The van der Waals surface area contributed by atoms with E-state index < -0.39 is 34.6 Å². The van der Waals surface area contributed by atoms with E-state index in [-0.39, 0.29) is 5.82 Å². The highest BCUT2D eigenvalue weighted by molar-refractivity contribution is 5.66. The van der Waals surface area contributed by atoms with Gasteiger partial charge in [-0.25, -0.2) is 13.5 Å². The minimum absolute atomic E-state index is 0.0953. The molecule has 0 N–H and O–H groups in total. The lowest BCUT2D eigenvalue weighted by Crippen LogP contribution is -2.70. The van der Waals surface area contributed by atoms with E-state index in [1.54, 1.807) is 18.3 Å². The maximum atomic E-state index is 15.3. The summed E-state index contributed by atoms with van der Waals surface area (Å²) < 4.78 is 75.0. The number of fused-ring (bicyclic) bond motifs is 3. The number of rotatable bonds is 6. The first-order chi connectivity index (χ1) is 18.5. The molecule has 1 aliphatic rings. The van der Waals surface area contributed by atoms with Crippen molar-refractivity contribution in [2.75, 3.05) is 0 Å². The van der Waals surface area contributed by atoms with E-state index >= 15 is 4.39 Å². The van der Waals surface area contributed by atoms with E-state index in [1.165, 1.54) is 13.1 Å². The molecule has 0 radical (unpaired) electrons. The van der Waals surface area contributed by atoms with Gasteiger partial charge in [-0.1, -0.05) is 13.8 Å². The average Bonchev–Trinajstić information content (AvgIpc) is 3.31. The number of hydrogen-bond acceptors (Lipinski definition) is 2. The Labute approximate surface area is 223 Å². The zero-order chi connectivity index (χ0) is 28.2. The van der Waals surface area contributed by atoms with Crippen molar-refractivity contribution in [3.63, 3.8) is 0 Å². The predicted octanol–water partition coefficient (Wildman–Crippen LogP) is 5.90. The second-order valence-electron chi connectivity index (χ2n) is 10.2. The molecule has 0 amide bonds. The molecule has 204 valence electrons. The number of aryl methyl sites for hydroxylation is 2. The monoisotopic (exact) mass is 543 g/mol. The van der Waals surface area contributed by atoms with Crippen molar-refractivity contribution >= 4 is 0 Å². The Balaban J connectivity index is 1.64. The zero-order valence-corrected chi connectivity index (χ0v) is 22.2. The number of pyridine rings is 2. The Morgan fingerprint density at radius 1 is 0.949 bits per heavy atom. The highest BCUT2D eigenvalue weighted by Crippen LogP contribution is 2.52. The van der Waals surface area contributed by atoms with Gasteiger partial charge in [0.25, 0.3) is 5.82 Å². The van der Waals surface area contributed by atoms with Crippen molar-refractivity contribution in [1.29, 1.82) is 0 Å². The van der Waals surface area contributed by atoms with Gasteiger partial charge in [0.1, 0.15) is 11.6 Å². The molecule has 0 saturated carbocycles. The van der Waals surface area contributed by atoms with Crippen molar-refractivity contribution in [2.45, 2.75) is 63.7 Å². The van der Waals surface area contributed by atoms with Gasteiger partial charge in [-0.2, -0.15) is 27.3 Å². The molecule has 5 rings (SSSR count). The fraction of sp³-hybridized carbons (Fsp3) is 0.379. The van der Waals surface area contributed by atoms with Gasteiger partial charge in [0.2, 0.25) is 17.2 Å². The molecular formula is C29H30F5N5+2. The largest absolute Gasteiger partial charge is 0.453 e. The molecule has 4 heterocycles. The molecule has 3 aromatic heterocycles. The average molecular weight is 544 g/mol. The lowest BCUT2D eigenvalue weighted by Gasteiger charge is -2.47. The van der Waals surface area contributed by atoms with Crippen LogP contribution in [-0.2, 0) is 30.7 Å². The van der Waals surface area contributed by atoms with Crippen LogP contribution in [0.3, 0.4) is 0 Å². The molecule has 5 nitrogen and oxygen atoms in total. The van der Waals surface area contributed by atoms with Gasteiger partial charge in [-0.3, -0.25) is 0 Å². The first-order valence-electron chi connectivity index (χ1n) is 12.9. The molecule has 1 aromatic carbocycles. The van der Waals surface area contributed by atoms with Crippen molar-refractivity contribution in [1.82, 2.24) is 14.8 Å². The normalized spacial score (nSPS) is 20.5. The summed E-state index contributed by atoms with van der Waals surface area (Å²) in [5, 5.41) is 3.58. The summed E-state index contributed by atoms with van der Waals surface area (Å²) in [5.74, 6) is -2.33. The van der Waals surface area contributed by atoms with Crippen LogP contribution in [0, 0.1) is 11.6 Å². The zero-order valence-electron chi connectivity index (χ0n) is 22.2. The van der Waals surface area contributed by atoms with Crippen LogP contribution >= 0.6 is 0 Å². The van der Waals surface area contributed by atoms with Gasteiger partial charge < -0.3 is 0 Å². The molecule has 10 heteroatoms.